The first-order valence-electron chi connectivity index (χ1n) is 7.71. The summed E-state index contributed by atoms with van der Waals surface area (Å²) in [6.07, 6.45) is 3.64. The van der Waals surface area contributed by atoms with E-state index in [1.807, 2.05) is 0 Å². The number of carbonyl (C=O) groups is 1. The molecule has 2 fully saturated rings. The smallest absolute Gasteiger partial charge is 0.231 e. The maximum absolute atomic E-state index is 13.2. The lowest BCUT2D eigenvalue weighted by Gasteiger charge is -2.48. The van der Waals surface area contributed by atoms with Crippen molar-refractivity contribution in [1.82, 2.24) is 19.8 Å². The molecule has 0 aromatic carbocycles. The number of nitrogens with one attached hydrogen (secondary N) is 2. The van der Waals surface area contributed by atoms with Crippen molar-refractivity contribution >= 4 is 33.6 Å². The summed E-state index contributed by atoms with van der Waals surface area (Å²) in [6, 6.07) is 3.42. The lowest BCUT2D eigenvalue weighted by molar-refractivity contribution is -0.128. The number of halogens is 1. The summed E-state index contributed by atoms with van der Waals surface area (Å²) in [5.41, 5.74) is 0. The summed E-state index contributed by atoms with van der Waals surface area (Å²) >= 11 is 3.39. The Labute approximate surface area is 143 Å². The van der Waals surface area contributed by atoms with Crippen molar-refractivity contribution in [3.05, 3.63) is 28.0 Å². The molecule has 3 atom stereocenters. The first kappa shape index (κ1) is 16.4. The van der Waals surface area contributed by atoms with Gasteiger partial charge in [-0.1, -0.05) is 15.9 Å². The average Bonchev–Trinajstić information content (AvgIpc) is 2.52. The number of guanidine groups is 1. The van der Waals surface area contributed by atoms with E-state index in [0.29, 0.717) is 25.3 Å². The Morgan fingerprint density at radius 3 is 3.04 bits per heavy atom. The second-order valence-electron chi connectivity index (χ2n) is 6.29. The number of pyridine rings is 1. The SMILES string of the molecule is CN1C(=N)N[C@H](C2CCC[N+]([O-])(c3cc(Br)ccn3)C2)CC1=O. The van der Waals surface area contributed by atoms with E-state index in [0.717, 1.165) is 17.3 Å². The van der Waals surface area contributed by atoms with Crippen molar-refractivity contribution in [3.8, 4) is 0 Å². The molecule has 124 valence electrons. The molecule has 0 bridgehead atoms. The van der Waals surface area contributed by atoms with E-state index >= 15 is 0 Å². The van der Waals surface area contributed by atoms with Gasteiger partial charge in [0.25, 0.3) is 0 Å². The van der Waals surface area contributed by atoms with Crippen molar-refractivity contribution in [2.75, 3.05) is 20.1 Å². The molecule has 3 heterocycles. The number of hydrogen-bond acceptors (Lipinski definition) is 4. The van der Waals surface area contributed by atoms with E-state index < -0.39 is 4.65 Å². The molecule has 8 heteroatoms. The van der Waals surface area contributed by atoms with Gasteiger partial charge >= 0.3 is 0 Å². The molecule has 0 aliphatic carbocycles. The predicted octanol–water partition coefficient (Wildman–Crippen LogP) is 1.81. The largest absolute Gasteiger partial charge is 0.626 e. The van der Waals surface area contributed by atoms with Crippen molar-refractivity contribution in [2.24, 2.45) is 5.92 Å². The highest BCUT2D eigenvalue weighted by Crippen LogP contribution is 2.32. The molecule has 1 aromatic rings. The van der Waals surface area contributed by atoms with E-state index in [9.17, 15) is 10.0 Å². The van der Waals surface area contributed by atoms with Crippen LogP contribution in [0.1, 0.15) is 19.3 Å². The van der Waals surface area contributed by atoms with Gasteiger partial charge in [0.15, 0.2) is 5.96 Å². The maximum atomic E-state index is 13.2. The lowest BCUT2D eigenvalue weighted by atomic mass is 9.87. The van der Waals surface area contributed by atoms with Gasteiger partial charge in [0, 0.05) is 42.2 Å². The molecule has 23 heavy (non-hydrogen) atoms. The molecule has 0 radical (unpaired) electrons. The third-order valence-corrected chi connectivity index (χ3v) is 5.24. The molecular formula is C15H20BrN5O2. The molecule has 2 unspecified atom stereocenters. The molecule has 2 aliphatic heterocycles. The minimum atomic E-state index is -0.473. The molecule has 2 saturated heterocycles. The maximum Gasteiger partial charge on any atom is 0.231 e. The standard InChI is InChI=1S/C15H20BrN5O2/c1-20-14(22)8-12(19-15(20)17)10-3-2-6-21(23,9-10)13-7-11(16)4-5-18-13/h4-5,7,10,12H,2-3,6,8-9H2,1H3,(H2,17,19)/t10?,12-,21?/m0/s1. The number of amides is 1. The highest BCUT2D eigenvalue weighted by molar-refractivity contribution is 9.10. The molecule has 3 rings (SSSR count). The summed E-state index contributed by atoms with van der Waals surface area (Å²) < 4.78 is 0.368. The zero-order valence-corrected chi connectivity index (χ0v) is 14.5. The Morgan fingerprint density at radius 2 is 2.35 bits per heavy atom. The van der Waals surface area contributed by atoms with Gasteiger partial charge in [0.2, 0.25) is 11.7 Å². The van der Waals surface area contributed by atoms with Crippen molar-refractivity contribution in [3.63, 3.8) is 0 Å². The van der Waals surface area contributed by atoms with E-state index in [4.69, 9.17) is 5.41 Å². The fourth-order valence-corrected chi connectivity index (χ4v) is 3.70. The number of rotatable bonds is 2. The minimum absolute atomic E-state index is 0.0556. The van der Waals surface area contributed by atoms with Crippen LogP contribution in [0.5, 0.6) is 0 Å². The van der Waals surface area contributed by atoms with Crippen LogP contribution in [0.15, 0.2) is 22.8 Å². The zero-order valence-electron chi connectivity index (χ0n) is 13.0. The molecular weight excluding hydrogens is 362 g/mol. The average molecular weight is 382 g/mol. The molecule has 1 aromatic heterocycles. The van der Waals surface area contributed by atoms with Crippen molar-refractivity contribution in [2.45, 2.75) is 25.3 Å². The molecule has 2 aliphatic rings. The van der Waals surface area contributed by atoms with Crippen LogP contribution >= 0.6 is 15.9 Å². The van der Waals surface area contributed by atoms with E-state index in [2.05, 4.69) is 26.2 Å². The molecule has 7 nitrogen and oxygen atoms in total. The van der Waals surface area contributed by atoms with E-state index in [1.165, 1.54) is 4.90 Å². The highest BCUT2D eigenvalue weighted by Gasteiger charge is 2.39. The Kier molecular flexibility index (Phi) is 4.39. The Hall–Kier alpha value is -1.51. The van der Waals surface area contributed by atoms with Crippen molar-refractivity contribution in [1.29, 1.82) is 5.41 Å². The van der Waals surface area contributed by atoms with Crippen LogP contribution in [0, 0.1) is 16.5 Å². The van der Waals surface area contributed by atoms with Gasteiger partial charge in [-0.05, 0) is 18.9 Å². The number of carbonyl (C=O) groups excluding carboxylic acids is 1. The number of hydrogen-bond donors (Lipinski definition) is 2. The number of aromatic nitrogens is 1. The van der Waals surface area contributed by atoms with Crippen LogP contribution in [0.25, 0.3) is 0 Å². The third kappa shape index (κ3) is 3.24. The lowest BCUT2D eigenvalue weighted by Crippen LogP contribution is -2.60. The summed E-state index contributed by atoms with van der Waals surface area (Å²) in [5, 5.41) is 24.2. The van der Waals surface area contributed by atoms with Crippen LogP contribution in [0.2, 0.25) is 0 Å². The van der Waals surface area contributed by atoms with Crippen molar-refractivity contribution < 1.29 is 4.79 Å². The van der Waals surface area contributed by atoms with Crippen LogP contribution in [0.4, 0.5) is 5.82 Å². The number of nitrogens with zero attached hydrogens (tertiary/aromatic N) is 3. The normalized spacial score (nSPS) is 31.9. The summed E-state index contributed by atoms with van der Waals surface area (Å²) in [5.74, 6) is 0.591. The summed E-state index contributed by atoms with van der Waals surface area (Å²) in [7, 11) is 1.59. The van der Waals surface area contributed by atoms with E-state index in [1.54, 1.807) is 25.4 Å². The van der Waals surface area contributed by atoms with Gasteiger partial charge in [-0.3, -0.25) is 15.1 Å². The number of hydroxylamine groups is 2. The van der Waals surface area contributed by atoms with Crippen LogP contribution in [-0.2, 0) is 4.79 Å². The van der Waals surface area contributed by atoms with Gasteiger partial charge < -0.3 is 15.2 Å². The van der Waals surface area contributed by atoms with Gasteiger partial charge in [-0.2, -0.15) is 0 Å². The topological polar surface area (TPSA) is 92.1 Å². The predicted molar refractivity (Wildman–Crippen MR) is 91.6 cm³/mol. The second-order valence-corrected chi connectivity index (χ2v) is 7.20. The second kappa shape index (κ2) is 6.18. The zero-order chi connectivity index (χ0) is 16.6. The summed E-state index contributed by atoms with van der Waals surface area (Å²) in [4.78, 5) is 17.5. The molecule has 2 N–H and O–H groups in total. The highest BCUT2D eigenvalue weighted by atomic mass is 79.9. The van der Waals surface area contributed by atoms with Crippen LogP contribution in [0.3, 0.4) is 0 Å². The van der Waals surface area contributed by atoms with Gasteiger partial charge in [-0.15, -0.1) is 0 Å². The van der Waals surface area contributed by atoms with Gasteiger partial charge in [0.1, 0.15) is 0 Å². The molecule has 0 saturated carbocycles. The number of quaternary nitrogens is 1. The third-order valence-electron chi connectivity index (χ3n) is 4.74. The van der Waals surface area contributed by atoms with Gasteiger partial charge in [-0.25, -0.2) is 4.98 Å². The quantitative estimate of drug-likeness (QED) is 0.603. The Bertz CT molecular complexity index is 622. The van der Waals surface area contributed by atoms with Crippen LogP contribution < -0.4 is 9.96 Å². The summed E-state index contributed by atoms with van der Waals surface area (Å²) in [6.45, 7) is 0.878. The van der Waals surface area contributed by atoms with Gasteiger partial charge in [0.05, 0.1) is 13.1 Å². The first-order valence-corrected chi connectivity index (χ1v) is 8.50. The minimum Gasteiger partial charge on any atom is -0.626 e. The fraction of sp³-hybridized carbons (Fsp3) is 0.533. The van der Waals surface area contributed by atoms with E-state index in [-0.39, 0.29) is 23.8 Å². The molecule has 1 amide bonds. The fourth-order valence-electron chi connectivity index (χ4n) is 3.38. The van der Waals surface area contributed by atoms with Crippen LogP contribution in [-0.4, -0.2) is 47.9 Å². The monoisotopic (exact) mass is 381 g/mol. The molecule has 0 spiro atoms. The Morgan fingerprint density at radius 1 is 1.57 bits per heavy atom. The Balaban J connectivity index is 1.78. The number of piperidine rings is 1. The first-order chi connectivity index (χ1) is 10.9.